The van der Waals surface area contributed by atoms with Crippen molar-refractivity contribution in [2.24, 2.45) is 0 Å². The minimum absolute atomic E-state index is 0.261. The molecule has 0 spiro atoms. The monoisotopic (exact) mass is 392 g/mol. The minimum atomic E-state index is -0.650. The van der Waals surface area contributed by atoms with E-state index < -0.39 is 17.6 Å². The van der Waals surface area contributed by atoms with Crippen LogP contribution in [0.3, 0.4) is 0 Å². The van der Waals surface area contributed by atoms with E-state index in [4.69, 9.17) is 9.72 Å². The molecule has 3 aromatic rings. The molecule has 4 rings (SSSR count). The first-order chi connectivity index (χ1) is 13.8. The highest BCUT2D eigenvalue weighted by Gasteiger charge is 2.29. The van der Waals surface area contributed by atoms with Gasteiger partial charge in [0, 0.05) is 24.4 Å². The Morgan fingerprint density at radius 1 is 1.28 bits per heavy atom. The predicted molar refractivity (Wildman–Crippen MR) is 106 cm³/mol. The third-order valence-electron chi connectivity index (χ3n) is 4.53. The summed E-state index contributed by atoms with van der Waals surface area (Å²) in [5, 5.41) is 0.932. The Balaban J connectivity index is 1.60. The van der Waals surface area contributed by atoms with Crippen LogP contribution in [-0.4, -0.2) is 44.0 Å². The summed E-state index contributed by atoms with van der Waals surface area (Å²) in [5.41, 5.74) is 3.32. The second-order valence-corrected chi connectivity index (χ2v) is 7.83. The van der Waals surface area contributed by atoms with Crippen LogP contribution >= 0.6 is 0 Å². The molecule has 0 saturated heterocycles. The zero-order chi connectivity index (χ0) is 20.6. The van der Waals surface area contributed by atoms with Crippen molar-refractivity contribution < 1.29 is 19.3 Å². The van der Waals surface area contributed by atoms with Crippen molar-refractivity contribution in [3.8, 4) is 11.3 Å². The topological polar surface area (TPSA) is 102 Å². The molecule has 0 atom stereocenters. The van der Waals surface area contributed by atoms with E-state index in [9.17, 15) is 9.59 Å². The quantitative estimate of drug-likeness (QED) is 0.722. The standard InChI is InChI=1S/C21H21N5O3/c1-21(2,3)29-20(28)26-8-7-13(9-18(26)27)16-5-4-6-17(25-16)14-11-23-19-15(14)10-22-12-24-19/h4-6,9-12H,7-8H2,1-3H3,(H,22,23,24)/p+1. The third-order valence-corrected chi connectivity index (χ3v) is 4.53. The van der Waals surface area contributed by atoms with Crippen molar-refractivity contribution in [3.63, 3.8) is 0 Å². The van der Waals surface area contributed by atoms with E-state index in [1.165, 1.54) is 6.08 Å². The Labute approximate surface area is 167 Å². The summed E-state index contributed by atoms with van der Waals surface area (Å²) in [4.78, 5) is 41.0. The number of nitrogens with one attached hydrogen (secondary N) is 2. The molecule has 3 aromatic heterocycles. The highest BCUT2D eigenvalue weighted by Crippen LogP contribution is 2.28. The highest BCUT2D eigenvalue weighted by atomic mass is 16.6. The lowest BCUT2D eigenvalue weighted by molar-refractivity contribution is -0.380. The first kappa shape index (κ1) is 18.8. The molecule has 1 aliphatic heterocycles. The maximum Gasteiger partial charge on any atom is 0.417 e. The van der Waals surface area contributed by atoms with Crippen LogP contribution in [-0.2, 0) is 9.53 Å². The van der Waals surface area contributed by atoms with Gasteiger partial charge in [-0.25, -0.2) is 19.7 Å². The van der Waals surface area contributed by atoms with Crippen LogP contribution in [0.4, 0.5) is 4.79 Å². The van der Waals surface area contributed by atoms with Gasteiger partial charge in [-0.05, 0) is 49.9 Å². The largest absolute Gasteiger partial charge is 0.443 e. The van der Waals surface area contributed by atoms with Gasteiger partial charge in [0.15, 0.2) is 0 Å². The lowest BCUT2D eigenvalue weighted by Gasteiger charge is -2.28. The summed E-state index contributed by atoms with van der Waals surface area (Å²) in [6, 6.07) is 5.68. The Morgan fingerprint density at radius 2 is 2.07 bits per heavy atom. The van der Waals surface area contributed by atoms with Gasteiger partial charge < -0.3 is 9.72 Å². The molecule has 8 nitrogen and oxygen atoms in total. The summed E-state index contributed by atoms with van der Waals surface area (Å²) in [6.45, 7) is 5.58. The number of H-pyrrole nitrogens is 2. The number of ether oxygens (including phenoxy) is 1. The number of carbonyl (C=O) groups excluding carboxylic acids is 2. The predicted octanol–water partition coefficient (Wildman–Crippen LogP) is 2.99. The molecule has 0 unspecified atom stereocenters. The molecule has 0 fully saturated rings. The van der Waals surface area contributed by atoms with Gasteiger partial charge in [-0.15, -0.1) is 0 Å². The summed E-state index contributed by atoms with van der Waals surface area (Å²) in [6.07, 6.45) is 6.70. The Morgan fingerprint density at radius 3 is 2.83 bits per heavy atom. The Bertz CT molecular complexity index is 1130. The molecule has 1 aliphatic rings. The number of aromatic nitrogens is 4. The fourth-order valence-electron chi connectivity index (χ4n) is 3.22. The van der Waals surface area contributed by atoms with Crippen molar-refractivity contribution in [1.29, 1.82) is 0 Å². The van der Waals surface area contributed by atoms with E-state index >= 15 is 0 Å². The van der Waals surface area contributed by atoms with Crippen molar-refractivity contribution in [3.05, 3.63) is 48.7 Å². The van der Waals surface area contributed by atoms with Crippen LogP contribution < -0.4 is 4.98 Å². The SMILES string of the molecule is CC(C)(C)OC(=O)N1CCC(c2cccc(-c3c[nH]c4nc[nH+]cc34)n2)=CC1=O. The lowest BCUT2D eigenvalue weighted by Crippen LogP contribution is -2.42. The van der Waals surface area contributed by atoms with Gasteiger partial charge >= 0.3 is 6.09 Å². The van der Waals surface area contributed by atoms with Crippen LogP contribution in [0.15, 0.2) is 43.0 Å². The van der Waals surface area contributed by atoms with Crippen LogP contribution in [0.2, 0.25) is 0 Å². The van der Waals surface area contributed by atoms with Gasteiger partial charge in [-0.1, -0.05) is 6.07 Å². The van der Waals surface area contributed by atoms with E-state index in [1.807, 2.05) is 30.6 Å². The Hall–Kier alpha value is -3.55. The van der Waals surface area contributed by atoms with Crippen LogP contribution in [0.25, 0.3) is 27.9 Å². The van der Waals surface area contributed by atoms with Crippen molar-refractivity contribution in [2.45, 2.75) is 32.8 Å². The van der Waals surface area contributed by atoms with E-state index in [2.05, 4.69) is 15.0 Å². The maximum atomic E-state index is 12.5. The second kappa shape index (κ2) is 7.12. The molecule has 29 heavy (non-hydrogen) atoms. The van der Waals surface area contributed by atoms with E-state index in [-0.39, 0.29) is 6.54 Å². The molecule has 8 heteroatoms. The second-order valence-electron chi connectivity index (χ2n) is 7.83. The Kier molecular flexibility index (Phi) is 4.62. The first-order valence-electron chi connectivity index (χ1n) is 9.38. The molecular weight excluding hydrogens is 370 g/mol. The van der Waals surface area contributed by atoms with E-state index in [0.29, 0.717) is 12.1 Å². The van der Waals surface area contributed by atoms with Gasteiger partial charge in [-0.3, -0.25) is 4.79 Å². The number of imide groups is 1. The number of amides is 2. The number of aromatic amines is 2. The zero-order valence-electron chi connectivity index (χ0n) is 16.5. The van der Waals surface area contributed by atoms with Crippen molar-refractivity contribution >= 4 is 28.6 Å². The van der Waals surface area contributed by atoms with Crippen LogP contribution in [0.1, 0.15) is 32.9 Å². The lowest BCUT2D eigenvalue weighted by atomic mass is 10.0. The summed E-state index contributed by atoms with van der Waals surface area (Å²) in [5.74, 6) is -0.390. The summed E-state index contributed by atoms with van der Waals surface area (Å²) < 4.78 is 5.31. The molecule has 0 aromatic carbocycles. The minimum Gasteiger partial charge on any atom is -0.443 e. The normalized spacial score (nSPS) is 14.8. The number of fused-ring (bicyclic) bond motifs is 1. The number of hydrogen-bond donors (Lipinski definition) is 1. The first-order valence-corrected chi connectivity index (χ1v) is 9.38. The number of carbonyl (C=O) groups is 2. The summed E-state index contributed by atoms with van der Waals surface area (Å²) >= 11 is 0. The molecule has 2 amide bonds. The molecule has 2 N–H and O–H groups in total. The average molecular weight is 392 g/mol. The third kappa shape index (κ3) is 3.87. The molecule has 4 heterocycles. The van der Waals surface area contributed by atoms with Gasteiger partial charge in [0.05, 0.1) is 16.8 Å². The fraction of sp³-hybridized carbons (Fsp3) is 0.286. The molecule has 148 valence electrons. The fourth-order valence-corrected chi connectivity index (χ4v) is 3.22. The maximum absolute atomic E-state index is 12.5. The molecule has 0 radical (unpaired) electrons. The van der Waals surface area contributed by atoms with Gasteiger partial charge in [0.1, 0.15) is 11.8 Å². The zero-order valence-corrected chi connectivity index (χ0v) is 16.5. The summed E-state index contributed by atoms with van der Waals surface area (Å²) in [7, 11) is 0. The number of rotatable bonds is 2. The average Bonchev–Trinajstić information content (AvgIpc) is 3.11. The van der Waals surface area contributed by atoms with Crippen LogP contribution in [0, 0.1) is 0 Å². The number of pyridine rings is 1. The smallest absolute Gasteiger partial charge is 0.417 e. The molecule has 0 bridgehead atoms. The highest BCUT2D eigenvalue weighted by molar-refractivity contribution is 6.04. The van der Waals surface area contributed by atoms with E-state index in [1.54, 1.807) is 27.1 Å². The molecule has 0 aliphatic carbocycles. The van der Waals surface area contributed by atoms with Gasteiger partial charge in [-0.2, -0.15) is 0 Å². The van der Waals surface area contributed by atoms with Crippen molar-refractivity contribution in [1.82, 2.24) is 19.9 Å². The molecule has 0 saturated carbocycles. The van der Waals surface area contributed by atoms with Gasteiger partial charge in [0.2, 0.25) is 0 Å². The molecular formula is C21H22N5O3+. The van der Waals surface area contributed by atoms with Gasteiger partial charge in [0.25, 0.3) is 17.9 Å². The number of nitrogens with zero attached hydrogens (tertiary/aromatic N) is 3. The number of hydrogen-bond acceptors (Lipinski definition) is 5. The van der Waals surface area contributed by atoms with Crippen molar-refractivity contribution in [2.75, 3.05) is 6.54 Å². The van der Waals surface area contributed by atoms with Crippen LogP contribution in [0.5, 0.6) is 0 Å². The van der Waals surface area contributed by atoms with E-state index in [0.717, 1.165) is 32.8 Å².